The van der Waals surface area contributed by atoms with E-state index in [2.05, 4.69) is 4.72 Å². The summed E-state index contributed by atoms with van der Waals surface area (Å²) < 4.78 is 28.2. The van der Waals surface area contributed by atoms with Crippen LogP contribution in [0.2, 0.25) is 0 Å². The number of nitrogens with zero attached hydrogens (tertiary/aromatic N) is 1. The van der Waals surface area contributed by atoms with Crippen molar-refractivity contribution in [3.63, 3.8) is 0 Å². The fourth-order valence-electron chi connectivity index (χ4n) is 3.30. The monoisotopic (exact) mass is 388 g/mol. The Morgan fingerprint density at radius 2 is 1.81 bits per heavy atom. The zero-order valence-electron chi connectivity index (χ0n) is 15.5. The highest BCUT2D eigenvalue weighted by atomic mass is 32.2. The Labute approximate surface area is 159 Å². The van der Waals surface area contributed by atoms with E-state index in [0.717, 1.165) is 5.56 Å². The van der Waals surface area contributed by atoms with Crippen molar-refractivity contribution >= 4 is 15.9 Å². The normalized spacial score (nSPS) is 15.7. The summed E-state index contributed by atoms with van der Waals surface area (Å²) in [5, 5.41) is 9.53. The first kappa shape index (κ1) is 19.4. The number of benzene rings is 2. The largest absolute Gasteiger partial charge is 0.508 e. The van der Waals surface area contributed by atoms with Gasteiger partial charge in [0.1, 0.15) is 5.75 Å². The second-order valence-electron chi connectivity index (χ2n) is 7.01. The minimum absolute atomic E-state index is 0.0528. The molecule has 27 heavy (non-hydrogen) atoms. The summed E-state index contributed by atoms with van der Waals surface area (Å²) >= 11 is 0. The molecule has 7 heteroatoms. The molecule has 1 heterocycles. The van der Waals surface area contributed by atoms with Crippen LogP contribution < -0.4 is 4.72 Å². The molecular formula is C20H24N2O4S. The van der Waals surface area contributed by atoms with E-state index in [4.69, 9.17) is 0 Å². The van der Waals surface area contributed by atoms with E-state index in [1.165, 1.54) is 12.1 Å². The number of likely N-dealkylation sites (tertiary alicyclic amines) is 1. The van der Waals surface area contributed by atoms with Crippen LogP contribution in [0, 0.1) is 13.8 Å². The summed E-state index contributed by atoms with van der Waals surface area (Å²) in [5.41, 5.74) is 2.04. The lowest BCUT2D eigenvalue weighted by molar-refractivity contribution is 0.0711. The average Bonchev–Trinajstić information content (AvgIpc) is 2.63. The lowest BCUT2D eigenvalue weighted by atomic mass is 10.0. The number of amides is 1. The van der Waals surface area contributed by atoms with Crippen molar-refractivity contribution in [1.82, 2.24) is 9.62 Å². The number of hydrogen-bond donors (Lipinski definition) is 2. The Morgan fingerprint density at radius 3 is 2.48 bits per heavy atom. The Balaban J connectivity index is 1.64. The minimum Gasteiger partial charge on any atom is -0.508 e. The second-order valence-corrected chi connectivity index (χ2v) is 8.69. The molecule has 0 aliphatic carbocycles. The molecule has 0 bridgehead atoms. The van der Waals surface area contributed by atoms with E-state index in [-0.39, 0.29) is 17.7 Å². The topological polar surface area (TPSA) is 86.7 Å². The number of rotatable bonds is 4. The predicted molar refractivity (Wildman–Crippen MR) is 103 cm³/mol. The van der Waals surface area contributed by atoms with Crippen LogP contribution in [0.25, 0.3) is 0 Å². The highest BCUT2D eigenvalue weighted by Gasteiger charge is 2.28. The van der Waals surface area contributed by atoms with E-state index in [1.807, 2.05) is 13.0 Å². The van der Waals surface area contributed by atoms with Gasteiger partial charge in [-0.25, -0.2) is 13.1 Å². The number of carbonyl (C=O) groups is 1. The third kappa shape index (κ3) is 4.48. The fraction of sp³-hybridized carbons (Fsp3) is 0.350. The highest BCUT2D eigenvalue weighted by molar-refractivity contribution is 7.89. The predicted octanol–water partition coefficient (Wildman–Crippen LogP) is 2.59. The standard InChI is InChI=1S/C20H24N2O4S/c1-14-6-7-15(2)19(12-14)27(25,26)21-17-8-10-22(11-9-17)20(24)16-4-3-5-18(23)13-16/h3-7,12-13,17,21,23H,8-11H2,1-2H3. The van der Waals surface area contributed by atoms with Crippen molar-refractivity contribution in [1.29, 1.82) is 0 Å². The maximum atomic E-state index is 12.7. The van der Waals surface area contributed by atoms with Crippen LogP contribution in [0.3, 0.4) is 0 Å². The lowest BCUT2D eigenvalue weighted by Crippen LogP contribution is -2.46. The first-order valence-electron chi connectivity index (χ1n) is 8.94. The lowest BCUT2D eigenvalue weighted by Gasteiger charge is -2.32. The second kappa shape index (κ2) is 7.70. The molecule has 0 radical (unpaired) electrons. The summed E-state index contributed by atoms with van der Waals surface area (Å²) in [5.74, 6) is -0.0984. The number of hydrogen-bond acceptors (Lipinski definition) is 4. The van der Waals surface area contributed by atoms with Crippen LogP contribution in [0.5, 0.6) is 5.75 Å². The molecule has 0 spiro atoms. The van der Waals surface area contributed by atoms with E-state index >= 15 is 0 Å². The molecule has 1 aliphatic rings. The summed E-state index contributed by atoms with van der Waals surface area (Å²) in [4.78, 5) is 14.5. The van der Waals surface area contributed by atoms with Crippen LogP contribution in [0.4, 0.5) is 0 Å². The molecule has 6 nitrogen and oxygen atoms in total. The number of aryl methyl sites for hydroxylation is 2. The smallest absolute Gasteiger partial charge is 0.253 e. The maximum Gasteiger partial charge on any atom is 0.253 e. The van der Waals surface area contributed by atoms with Gasteiger partial charge in [0, 0.05) is 24.7 Å². The van der Waals surface area contributed by atoms with Crippen LogP contribution >= 0.6 is 0 Å². The van der Waals surface area contributed by atoms with Crippen molar-refractivity contribution in [2.45, 2.75) is 37.6 Å². The third-order valence-electron chi connectivity index (χ3n) is 4.83. The zero-order valence-corrected chi connectivity index (χ0v) is 16.3. The van der Waals surface area contributed by atoms with Gasteiger partial charge in [0.25, 0.3) is 5.91 Å². The van der Waals surface area contributed by atoms with Gasteiger partial charge in [0.2, 0.25) is 10.0 Å². The Bertz CT molecular complexity index is 948. The highest BCUT2D eigenvalue weighted by Crippen LogP contribution is 2.21. The minimum atomic E-state index is -3.60. The summed E-state index contributed by atoms with van der Waals surface area (Å²) in [6, 6.07) is 11.4. The molecule has 1 aliphatic heterocycles. The van der Waals surface area contributed by atoms with Crippen LogP contribution in [0.15, 0.2) is 47.4 Å². The molecule has 2 aromatic rings. The number of carbonyl (C=O) groups excluding carboxylic acids is 1. The maximum absolute atomic E-state index is 12.7. The van der Waals surface area contributed by atoms with Crippen LogP contribution in [0.1, 0.15) is 34.3 Å². The van der Waals surface area contributed by atoms with Gasteiger partial charge in [-0.05, 0) is 62.1 Å². The molecule has 3 rings (SSSR count). The average molecular weight is 388 g/mol. The van der Waals surface area contributed by atoms with Crippen molar-refractivity contribution in [2.24, 2.45) is 0 Å². The van der Waals surface area contributed by atoms with Crippen LogP contribution in [-0.2, 0) is 10.0 Å². The fourth-order valence-corrected chi connectivity index (χ4v) is 4.94. The zero-order chi connectivity index (χ0) is 19.6. The first-order valence-corrected chi connectivity index (χ1v) is 10.4. The number of phenolic OH excluding ortho intramolecular Hbond substituents is 1. The molecule has 2 aromatic carbocycles. The first-order chi connectivity index (χ1) is 12.8. The van der Waals surface area contributed by atoms with E-state index in [1.54, 1.807) is 36.1 Å². The van der Waals surface area contributed by atoms with Gasteiger partial charge in [-0.2, -0.15) is 0 Å². The van der Waals surface area contributed by atoms with Gasteiger partial charge in [0.15, 0.2) is 0 Å². The molecule has 0 unspecified atom stereocenters. The van der Waals surface area contributed by atoms with Gasteiger partial charge in [-0.3, -0.25) is 4.79 Å². The van der Waals surface area contributed by atoms with E-state index < -0.39 is 10.0 Å². The number of aromatic hydroxyl groups is 1. The molecule has 0 atom stereocenters. The molecule has 2 N–H and O–H groups in total. The summed E-state index contributed by atoms with van der Waals surface area (Å²) in [6.07, 6.45) is 1.10. The summed E-state index contributed by atoms with van der Waals surface area (Å²) in [7, 11) is -3.60. The van der Waals surface area contributed by atoms with Crippen molar-refractivity contribution < 1.29 is 18.3 Å². The Kier molecular flexibility index (Phi) is 5.53. The quantitative estimate of drug-likeness (QED) is 0.843. The van der Waals surface area contributed by atoms with Crippen molar-refractivity contribution in [3.8, 4) is 5.75 Å². The summed E-state index contributed by atoms with van der Waals surface area (Å²) in [6.45, 7) is 4.58. The molecule has 0 aromatic heterocycles. The van der Waals surface area contributed by atoms with E-state index in [9.17, 15) is 18.3 Å². The van der Waals surface area contributed by atoms with Gasteiger partial charge in [0.05, 0.1) is 4.90 Å². The number of nitrogens with one attached hydrogen (secondary N) is 1. The van der Waals surface area contributed by atoms with Gasteiger partial charge in [-0.15, -0.1) is 0 Å². The Morgan fingerprint density at radius 1 is 1.11 bits per heavy atom. The number of sulfonamides is 1. The van der Waals surface area contributed by atoms with E-state index in [0.29, 0.717) is 42.0 Å². The number of piperidine rings is 1. The molecule has 0 saturated carbocycles. The Hall–Kier alpha value is -2.38. The SMILES string of the molecule is Cc1ccc(C)c(S(=O)(=O)NC2CCN(C(=O)c3cccc(O)c3)CC2)c1. The molecular weight excluding hydrogens is 364 g/mol. The number of phenols is 1. The van der Waals surface area contributed by atoms with Gasteiger partial charge >= 0.3 is 0 Å². The molecule has 144 valence electrons. The molecule has 1 fully saturated rings. The van der Waals surface area contributed by atoms with Gasteiger partial charge < -0.3 is 10.0 Å². The van der Waals surface area contributed by atoms with Crippen LogP contribution in [-0.4, -0.2) is 43.5 Å². The van der Waals surface area contributed by atoms with Crippen molar-refractivity contribution in [3.05, 3.63) is 59.2 Å². The third-order valence-corrected chi connectivity index (χ3v) is 6.49. The molecule has 1 saturated heterocycles. The molecule has 1 amide bonds. The van der Waals surface area contributed by atoms with Gasteiger partial charge in [-0.1, -0.05) is 18.2 Å². The van der Waals surface area contributed by atoms with Crippen molar-refractivity contribution in [2.75, 3.05) is 13.1 Å².